The molecular weight excluding hydrogens is 252 g/mol. The van der Waals surface area contributed by atoms with Crippen molar-refractivity contribution in [3.05, 3.63) is 12.4 Å². The molecule has 2 rings (SSSR count). The number of anilines is 1. The number of hydrogen-bond acceptors (Lipinski definition) is 4. The van der Waals surface area contributed by atoms with E-state index in [1.54, 1.807) is 7.11 Å². The van der Waals surface area contributed by atoms with Crippen molar-refractivity contribution in [2.75, 3.05) is 38.7 Å². The Kier molecular flexibility index (Phi) is 5.43. The molecule has 0 bridgehead atoms. The molecule has 2 atom stereocenters. The van der Waals surface area contributed by atoms with Gasteiger partial charge in [-0.2, -0.15) is 0 Å². The maximum absolute atomic E-state index is 5.22. The van der Waals surface area contributed by atoms with Gasteiger partial charge in [0.25, 0.3) is 0 Å². The molecule has 0 radical (unpaired) electrons. The molecule has 1 aromatic rings. The molecule has 1 fully saturated rings. The zero-order chi connectivity index (χ0) is 14.5. The third-order valence-electron chi connectivity index (χ3n) is 4.15. The van der Waals surface area contributed by atoms with E-state index >= 15 is 0 Å². The van der Waals surface area contributed by atoms with Crippen LogP contribution in [-0.4, -0.2) is 53.8 Å². The van der Waals surface area contributed by atoms with Crippen molar-refractivity contribution in [1.29, 1.82) is 0 Å². The van der Waals surface area contributed by atoms with Gasteiger partial charge in [0.1, 0.15) is 0 Å². The molecular formula is C15H28N4O. The number of nitrogens with one attached hydrogen (secondary N) is 1. The van der Waals surface area contributed by atoms with Gasteiger partial charge in [-0.15, -0.1) is 0 Å². The summed E-state index contributed by atoms with van der Waals surface area (Å²) in [6, 6.07) is 0.962. The molecule has 1 aromatic heterocycles. The summed E-state index contributed by atoms with van der Waals surface area (Å²) in [5.74, 6) is 1.68. The van der Waals surface area contributed by atoms with Gasteiger partial charge >= 0.3 is 0 Å². The summed E-state index contributed by atoms with van der Waals surface area (Å²) in [5, 5.41) is 3.50. The second-order valence-corrected chi connectivity index (χ2v) is 6.09. The van der Waals surface area contributed by atoms with Crippen LogP contribution in [0.15, 0.2) is 12.4 Å². The Morgan fingerprint density at radius 3 is 2.90 bits per heavy atom. The molecule has 0 aromatic carbocycles. The second kappa shape index (κ2) is 7.09. The molecule has 0 aliphatic carbocycles. The van der Waals surface area contributed by atoms with Crippen LogP contribution < -0.4 is 5.32 Å². The molecule has 5 heteroatoms. The lowest BCUT2D eigenvalue weighted by Crippen LogP contribution is -2.29. The summed E-state index contributed by atoms with van der Waals surface area (Å²) >= 11 is 0. The summed E-state index contributed by atoms with van der Waals surface area (Å²) in [5.41, 5.74) is 0. The lowest BCUT2D eigenvalue weighted by Gasteiger charge is -2.21. The van der Waals surface area contributed by atoms with Gasteiger partial charge in [0.15, 0.2) is 0 Å². The molecule has 1 saturated heterocycles. The maximum atomic E-state index is 5.22. The van der Waals surface area contributed by atoms with Crippen molar-refractivity contribution in [3.63, 3.8) is 0 Å². The molecule has 2 heterocycles. The van der Waals surface area contributed by atoms with E-state index in [1.807, 2.05) is 12.4 Å². The number of likely N-dealkylation sites (tertiary alicyclic amines) is 1. The van der Waals surface area contributed by atoms with Crippen LogP contribution in [0.1, 0.15) is 33.2 Å². The van der Waals surface area contributed by atoms with Crippen molar-refractivity contribution in [2.24, 2.45) is 5.92 Å². The molecule has 20 heavy (non-hydrogen) atoms. The fourth-order valence-electron chi connectivity index (χ4n) is 2.86. The molecule has 1 N–H and O–H groups in total. The Morgan fingerprint density at radius 1 is 1.45 bits per heavy atom. The minimum Gasteiger partial charge on any atom is -0.383 e. The maximum Gasteiger partial charge on any atom is 0.203 e. The zero-order valence-corrected chi connectivity index (χ0v) is 13.2. The van der Waals surface area contributed by atoms with Crippen molar-refractivity contribution in [2.45, 2.75) is 39.3 Å². The lowest BCUT2D eigenvalue weighted by molar-refractivity contribution is 0.163. The normalized spacial score (nSPS) is 21.6. The van der Waals surface area contributed by atoms with Crippen LogP contribution in [0.2, 0.25) is 0 Å². The van der Waals surface area contributed by atoms with Gasteiger partial charge in [-0.1, -0.05) is 0 Å². The number of rotatable bonds is 7. The number of aromatic nitrogens is 2. The van der Waals surface area contributed by atoms with E-state index in [4.69, 9.17) is 4.74 Å². The average molecular weight is 280 g/mol. The third kappa shape index (κ3) is 3.73. The van der Waals surface area contributed by atoms with E-state index in [1.165, 1.54) is 19.5 Å². The second-order valence-electron chi connectivity index (χ2n) is 6.09. The Balaban J connectivity index is 1.84. The molecule has 0 amide bonds. The van der Waals surface area contributed by atoms with Gasteiger partial charge in [-0.3, -0.25) is 0 Å². The van der Waals surface area contributed by atoms with E-state index in [9.17, 15) is 0 Å². The zero-order valence-electron chi connectivity index (χ0n) is 13.2. The minimum absolute atomic E-state index is 0.306. The van der Waals surface area contributed by atoms with E-state index in [-0.39, 0.29) is 0 Å². The van der Waals surface area contributed by atoms with Crippen molar-refractivity contribution in [3.8, 4) is 0 Å². The topological polar surface area (TPSA) is 42.3 Å². The molecule has 1 aliphatic heterocycles. The first-order valence-electron chi connectivity index (χ1n) is 7.61. The summed E-state index contributed by atoms with van der Waals surface area (Å²) in [6.45, 7) is 10.8. The molecule has 0 spiro atoms. The quantitative estimate of drug-likeness (QED) is 0.832. The summed E-state index contributed by atoms with van der Waals surface area (Å²) < 4.78 is 7.37. The molecule has 1 aliphatic rings. The van der Waals surface area contributed by atoms with Gasteiger partial charge in [0.05, 0.1) is 12.6 Å². The molecule has 0 saturated carbocycles. The van der Waals surface area contributed by atoms with Crippen molar-refractivity contribution >= 4 is 5.95 Å². The Hall–Kier alpha value is -1.07. The van der Waals surface area contributed by atoms with E-state index in [0.717, 1.165) is 18.4 Å². The minimum atomic E-state index is 0.306. The first kappa shape index (κ1) is 15.3. The monoisotopic (exact) mass is 280 g/mol. The first-order valence-corrected chi connectivity index (χ1v) is 7.61. The van der Waals surface area contributed by atoms with E-state index in [2.05, 4.69) is 40.5 Å². The highest BCUT2D eigenvalue weighted by Crippen LogP contribution is 2.20. The predicted molar refractivity (Wildman–Crippen MR) is 82.1 cm³/mol. The molecule has 114 valence electrons. The highest BCUT2D eigenvalue weighted by molar-refractivity contribution is 5.26. The van der Waals surface area contributed by atoms with Crippen LogP contribution in [0.4, 0.5) is 5.95 Å². The van der Waals surface area contributed by atoms with Crippen LogP contribution in [0.25, 0.3) is 0 Å². The van der Waals surface area contributed by atoms with Crippen LogP contribution in [0.5, 0.6) is 0 Å². The van der Waals surface area contributed by atoms with Gasteiger partial charge in [-0.05, 0) is 39.7 Å². The highest BCUT2D eigenvalue weighted by Gasteiger charge is 2.24. The molecule has 2 unspecified atom stereocenters. The number of nitrogens with zero attached hydrogens (tertiary/aromatic N) is 3. The average Bonchev–Trinajstić information content (AvgIpc) is 3.05. The third-order valence-corrected chi connectivity index (χ3v) is 4.15. The number of hydrogen-bond donors (Lipinski definition) is 1. The standard InChI is InChI=1S/C15H28N4O/c1-12(2)18-7-5-14(10-18)9-17-15-16-6-8-19(15)13(3)11-20-4/h6,8,12-14H,5,7,9-11H2,1-4H3,(H,16,17). The van der Waals surface area contributed by atoms with E-state index < -0.39 is 0 Å². The van der Waals surface area contributed by atoms with Crippen LogP contribution in [0.3, 0.4) is 0 Å². The van der Waals surface area contributed by atoms with Gasteiger partial charge in [0.2, 0.25) is 5.95 Å². The number of methoxy groups -OCH3 is 1. The summed E-state index contributed by atoms with van der Waals surface area (Å²) in [6.07, 6.45) is 5.14. The van der Waals surface area contributed by atoms with Gasteiger partial charge < -0.3 is 19.5 Å². The van der Waals surface area contributed by atoms with E-state index in [0.29, 0.717) is 18.7 Å². The lowest BCUT2D eigenvalue weighted by atomic mass is 10.1. The smallest absolute Gasteiger partial charge is 0.203 e. The highest BCUT2D eigenvalue weighted by atomic mass is 16.5. The molecule has 5 nitrogen and oxygen atoms in total. The fraction of sp³-hybridized carbons (Fsp3) is 0.800. The Morgan fingerprint density at radius 2 is 2.25 bits per heavy atom. The Labute approximate surface area is 122 Å². The first-order chi connectivity index (χ1) is 9.61. The van der Waals surface area contributed by atoms with Crippen LogP contribution >= 0.6 is 0 Å². The van der Waals surface area contributed by atoms with Gasteiger partial charge in [-0.25, -0.2) is 4.98 Å². The fourth-order valence-corrected chi connectivity index (χ4v) is 2.86. The van der Waals surface area contributed by atoms with Crippen LogP contribution in [-0.2, 0) is 4.74 Å². The summed E-state index contributed by atoms with van der Waals surface area (Å²) in [7, 11) is 1.74. The number of imidazole rings is 1. The van der Waals surface area contributed by atoms with Gasteiger partial charge in [0, 0.05) is 38.6 Å². The largest absolute Gasteiger partial charge is 0.383 e. The van der Waals surface area contributed by atoms with Crippen molar-refractivity contribution < 1.29 is 4.74 Å². The summed E-state index contributed by atoms with van der Waals surface area (Å²) in [4.78, 5) is 6.97. The van der Waals surface area contributed by atoms with Crippen LogP contribution in [0, 0.1) is 5.92 Å². The number of ether oxygens (including phenoxy) is 1. The SMILES string of the molecule is COCC(C)n1ccnc1NCC1CCN(C(C)C)C1. The Bertz CT molecular complexity index is 404. The van der Waals surface area contributed by atoms with Crippen molar-refractivity contribution in [1.82, 2.24) is 14.5 Å². The predicted octanol–water partition coefficient (Wildman–Crippen LogP) is 2.23.